The quantitative estimate of drug-likeness (QED) is 0.615. The van der Waals surface area contributed by atoms with Gasteiger partial charge in [-0.05, 0) is 24.8 Å². The van der Waals surface area contributed by atoms with E-state index in [0.717, 1.165) is 28.7 Å². The minimum absolute atomic E-state index is 0.182. The minimum Gasteiger partial charge on any atom is -0.363 e. The SMILES string of the molecule is C=C(C)CSC1=CCC(C(=O)c2cccs2)C(O)(C(F)(F)F)N1. The number of thioether (sulfide) groups is 1. The molecule has 0 amide bonds. The first-order chi connectivity index (χ1) is 10.6. The Balaban J connectivity index is 2.30. The van der Waals surface area contributed by atoms with Crippen LogP contribution in [0.4, 0.5) is 13.2 Å². The summed E-state index contributed by atoms with van der Waals surface area (Å²) in [7, 11) is 0. The first kappa shape index (κ1) is 18.1. The van der Waals surface area contributed by atoms with Crippen LogP contribution in [0.1, 0.15) is 23.0 Å². The summed E-state index contributed by atoms with van der Waals surface area (Å²) in [6.07, 6.45) is -3.64. The van der Waals surface area contributed by atoms with Crippen LogP contribution < -0.4 is 5.32 Å². The molecule has 0 saturated carbocycles. The number of hydrogen-bond donors (Lipinski definition) is 2. The van der Waals surface area contributed by atoms with E-state index in [4.69, 9.17) is 0 Å². The third kappa shape index (κ3) is 3.81. The van der Waals surface area contributed by atoms with Gasteiger partial charge in [-0.3, -0.25) is 4.79 Å². The van der Waals surface area contributed by atoms with Gasteiger partial charge in [-0.2, -0.15) is 13.2 Å². The van der Waals surface area contributed by atoms with Crippen molar-refractivity contribution in [1.82, 2.24) is 5.32 Å². The van der Waals surface area contributed by atoms with Gasteiger partial charge in [-0.15, -0.1) is 23.1 Å². The molecule has 1 aliphatic rings. The molecule has 1 aromatic heterocycles. The van der Waals surface area contributed by atoms with Crippen molar-refractivity contribution >= 4 is 28.9 Å². The van der Waals surface area contributed by atoms with Crippen molar-refractivity contribution in [3.63, 3.8) is 0 Å². The van der Waals surface area contributed by atoms with Gasteiger partial charge in [0.1, 0.15) is 0 Å². The van der Waals surface area contributed by atoms with Crippen LogP contribution in [0.25, 0.3) is 0 Å². The summed E-state index contributed by atoms with van der Waals surface area (Å²) < 4.78 is 40.3. The fourth-order valence-corrected chi connectivity index (χ4v) is 3.74. The molecule has 0 aromatic carbocycles. The lowest BCUT2D eigenvalue weighted by molar-refractivity contribution is -0.283. The van der Waals surface area contributed by atoms with Crippen LogP contribution in [0.5, 0.6) is 0 Å². The predicted octanol–water partition coefficient (Wildman–Crippen LogP) is 3.94. The zero-order valence-electron chi connectivity index (χ0n) is 12.3. The smallest absolute Gasteiger partial charge is 0.363 e. The van der Waals surface area contributed by atoms with Gasteiger partial charge >= 0.3 is 6.18 Å². The molecule has 0 radical (unpaired) electrons. The van der Waals surface area contributed by atoms with E-state index in [9.17, 15) is 23.1 Å². The second-order valence-corrected chi connectivity index (χ2v) is 7.30. The molecule has 2 atom stereocenters. The average molecular weight is 363 g/mol. The molecule has 0 spiro atoms. The summed E-state index contributed by atoms with van der Waals surface area (Å²) in [5.74, 6) is -1.90. The summed E-state index contributed by atoms with van der Waals surface area (Å²) in [5.41, 5.74) is -2.48. The summed E-state index contributed by atoms with van der Waals surface area (Å²) in [6, 6.07) is 3.05. The number of carbonyl (C=O) groups is 1. The Morgan fingerprint density at radius 2 is 2.30 bits per heavy atom. The van der Waals surface area contributed by atoms with Crippen LogP contribution in [-0.4, -0.2) is 28.5 Å². The molecule has 126 valence electrons. The van der Waals surface area contributed by atoms with Crippen molar-refractivity contribution in [2.24, 2.45) is 5.92 Å². The number of allylic oxidation sites excluding steroid dienone is 1. The van der Waals surface area contributed by atoms with Gasteiger partial charge in [0, 0.05) is 5.75 Å². The molecular formula is C15H16F3NO2S2. The van der Waals surface area contributed by atoms with E-state index in [0.29, 0.717) is 5.75 Å². The van der Waals surface area contributed by atoms with Crippen molar-refractivity contribution < 1.29 is 23.1 Å². The molecule has 2 heterocycles. The van der Waals surface area contributed by atoms with Crippen LogP contribution in [0, 0.1) is 5.92 Å². The zero-order chi connectivity index (χ0) is 17.3. The summed E-state index contributed by atoms with van der Waals surface area (Å²) in [6.45, 7) is 5.45. The summed E-state index contributed by atoms with van der Waals surface area (Å²) in [4.78, 5) is 12.6. The van der Waals surface area contributed by atoms with Gasteiger partial charge in [0.2, 0.25) is 5.72 Å². The first-order valence-electron chi connectivity index (χ1n) is 6.77. The van der Waals surface area contributed by atoms with Crippen molar-refractivity contribution in [2.75, 3.05) is 5.75 Å². The van der Waals surface area contributed by atoms with Crippen molar-refractivity contribution in [2.45, 2.75) is 25.2 Å². The van der Waals surface area contributed by atoms with E-state index in [1.807, 2.05) is 0 Å². The Labute approximate surface area is 140 Å². The van der Waals surface area contributed by atoms with Gasteiger partial charge in [0.15, 0.2) is 5.78 Å². The molecule has 2 rings (SSSR count). The number of alkyl halides is 3. The molecular weight excluding hydrogens is 347 g/mol. The summed E-state index contributed by atoms with van der Waals surface area (Å²) in [5, 5.41) is 14.2. The molecule has 8 heteroatoms. The fraction of sp³-hybridized carbons (Fsp3) is 0.400. The van der Waals surface area contributed by atoms with E-state index in [1.165, 1.54) is 12.1 Å². The second-order valence-electron chi connectivity index (χ2n) is 5.33. The van der Waals surface area contributed by atoms with Crippen molar-refractivity contribution in [3.05, 3.63) is 45.6 Å². The molecule has 2 unspecified atom stereocenters. The molecule has 1 aliphatic heterocycles. The number of halogens is 3. The van der Waals surface area contributed by atoms with Crippen molar-refractivity contribution in [1.29, 1.82) is 0 Å². The van der Waals surface area contributed by atoms with E-state index in [1.54, 1.807) is 18.4 Å². The number of Topliss-reactive ketones (excluding diaryl/α,β-unsaturated/α-hetero) is 1. The largest absolute Gasteiger partial charge is 0.437 e. The maximum Gasteiger partial charge on any atom is 0.437 e. The molecule has 0 saturated heterocycles. The number of thiophene rings is 1. The highest BCUT2D eigenvalue weighted by Gasteiger charge is 2.62. The fourth-order valence-electron chi connectivity index (χ4n) is 2.17. The van der Waals surface area contributed by atoms with Gasteiger partial charge in [0.25, 0.3) is 0 Å². The molecule has 2 N–H and O–H groups in total. The Morgan fingerprint density at radius 3 is 2.83 bits per heavy atom. The zero-order valence-corrected chi connectivity index (χ0v) is 13.9. The maximum atomic E-state index is 13.4. The van der Waals surface area contributed by atoms with E-state index in [-0.39, 0.29) is 16.3 Å². The highest BCUT2D eigenvalue weighted by Crippen LogP contribution is 2.42. The Bertz CT molecular complexity index is 625. The molecule has 23 heavy (non-hydrogen) atoms. The van der Waals surface area contributed by atoms with Gasteiger partial charge in [0.05, 0.1) is 15.8 Å². The minimum atomic E-state index is -4.98. The topological polar surface area (TPSA) is 49.3 Å². The normalized spacial score (nSPS) is 24.7. The predicted molar refractivity (Wildman–Crippen MR) is 86.3 cm³/mol. The molecule has 0 fully saturated rings. The Hall–Kier alpha value is -1.25. The molecule has 3 nitrogen and oxygen atoms in total. The second kappa shape index (κ2) is 6.70. The molecule has 0 bridgehead atoms. The lowest BCUT2D eigenvalue weighted by atomic mass is 9.85. The third-order valence-corrected chi connectivity index (χ3v) is 5.45. The highest BCUT2D eigenvalue weighted by molar-refractivity contribution is 8.03. The van der Waals surface area contributed by atoms with E-state index >= 15 is 0 Å². The van der Waals surface area contributed by atoms with Gasteiger partial charge in [-0.25, -0.2) is 0 Å². The van der Waals surface area contributed by atoms with E-state index in [2.05, 4.69) is 11.9 Å². The third-order valence-electron chi connectivity index (χ3n) is 3.34. The standard InChI is InChI=1S/C15H16F3NO2S2/c1-9(2)8-23-12-6-5-10(13(20)11-4-3-7-22-11)14(21,19-12)15(16,17)18/h3-4,6-7,10,19,21H,1,5,8H2,2H3. The highest BCUT2D eigenvalue weighted by atomic mass is 32.2. The maximum absolute atomic E-state index is 13.4. The summed E-state index contributed by atoms with van der Waals surface area (Å²) >= 11 is 2.17. The average Bonchev–Trinajstić information content (AvgIpc) is 2.97. The monoisotopic (exact) mass is 363 g/mol. The number of hydrogen-bond acceptors (Lipinski definition) is 5. The first-order valence-corrected chi connectivity index (χ1v) is 8.64. The number of rotatable bonds is 5. The van der Waals surface area contributed by atoms with Gasteiger partial charge in [-0.1, -0.05) is 24.3 Å². The van der Waals surface area contributed by atoms with Crippen LogP contribution in [-0.2, 0) is 0 Å². The number of aliphatic hydroxyl groups is 1. The number of nitrogens with one attached hydrogen (secondary N) is 1. The van der Waals surface area contributed by atoms with Crippen LogP contribution in [0.3, 0.4) is 0 Å². The molecule has 1 aromatic rings. The van der Waals surface area contributed by atoms with Gasteiger partial charge < -0.3 is 10.4 Å². The lowest BCUT2D eigenvalue weighted by Crippen LogP contribution is -2.64. The van der Waals surface area contributed by atoms with Crippen LogP contribution in [0.15, 0.2) is 40.8 Å². The number of carbonyl (C=O) groups excluding carboxylic acids is 1. The van der Waals surface area contributed by atoms with E-state index < -0.39 is 23.6 Å². The number of ketones is 1. The van der Waals surface area contributed by atoms with Crippen molar-refractivity contribution in [3.8, 4) is 0 Å². The Kier molecular flexibility index (Phi) is 5.27. The van der Waals surface area contributed by atoms with Crippen LogP contribution >= 0.6 is 23.1 Å². The lowest BCUT2D eigenvalue weighted by Gasteiger charge is -2.40. The van der Waals surface area contributed by atoms with Crippen LogP contribution in [0.2, 0.25) is 0 Å². The Morgan fingerprint density at radius 1 is 1.61 bits per heavy atom. The molecule has 0 aliphatic carbocycles.